The van der Waals surface area contributed by atoms with E-state index in [9.17, 15) is 13.2 Å². The average molecular weight is 306 g/mol. The van der Waals surface area contributed by atoms with E-state index in [1.807, 2.05) is 35.9 Å². The maximum Gasteiger partial charge on any atom is 0.160 e. The molecule has 112 valence electrons. The number of carbonyl (C=O) groups excluding carboxylic acids is 1. The third-order valence-electron chi connectivity index (χ3n) is 4.15. The van der Waals surface area contributed by atoms with Gasteiger partial charge < -0.3 is 4.57 Å². The summed E-state index contributed by atoms with van der Waals surface area (Å²) in [5.74, 6) is 0.529. The average Bonchev–Trinajstić information content (AvgIpc) is 2.75. The van der Waals surface area contributed by atoms with Crippen LogP contribution in [0, 0.1) is 0 Å². The molecule has 0 aliphatic carbocycles. The highest BCUT2D eigenvalue weighted by molar-refractivity contribution is 7.92. The van der Waals surface area contributed by atoms with Crippen molar-refractivity contribution in [3.05, 3.63) is 30.1 Å². The van der Waals surface area contributed by atoms with Gasteiger partial charge in [0.1, 0.15) is 11.1 Å². The van der Waals surface area contributed by atoms with Gasteiger partial charge in [-0.15, -0.1) is 0 Å². The maximum absolute atomic E-state index is 12.4. The first-order chi connectivity index (χ1) is 9.99. The van der Waals surface area contributed by atoms with Gasteiger partial charge in [-0.25, -0.2) is 13.4 Å². The van der Waals surface area contributed by atoms with Crippen LogP contribution in [0.4, 0.5) is 0 Å². The number of aryl methyl sites for hydroxylation is 1. The Balaban J connectivity index is 1.88. The van der Waals surface area contributed by atoms with Gasteiger partial charge in [0.05, 0.1) is 23.2 Å². The van der Waals surface area contributed by atoms with Gasteiger partial charge in [-0.2, -0.15) is 0 Å². The van der Waals surface area contributed by atoms with Gasteiger partial charge in [-0.05, 0) is 25.0 Å². The summed E-state index contributed by atoms with van der Waals surface area (Å²) in [5.41, 5.74) is 1.78. The lowest BCUT2D eigenvalue weighted by molar-refractivity contribution is -0.118. The van der Waals surface area contributed by atoms with E-state index in [-0.39, 0.29) is 18.0 Å². The molecule has 6 heteroatoms. The molecule has 3 rings (SSSR count). The molecule has 0 bridgehead atoms. The number of rotatable bonds is 3. The highest BCUT2D eigenvalue weighted by Crippen LogP contribution is 2.22. The van der Waals surface area contributed by atoms with Gasteiger partial charge in [0, 0.05) is 7.05 Å². The summed E-state index contributed by atoms with van der Waals surface area (Å²) >= 11 is 0. The van der Waals surface area contributed by atoms with E-state index in [1.54, 1.807) is 0 Å². The van der Waals surface area contributed by atoms with Crippen LogP contribution in [0.2, 0.25) is 0 Å². The minimum atomic E-state index is -3.27. The highest BCUT2D eigenvalue weighted by Gasteiger charge is 2.35. The van der Waals surface area contributed by atoms with E-state index in [0.717, 1.165) is 17.5 Å². The van der Waals surface area contributed by atoms with Crippen molar-refractivity contribution in [2.24, 2.45) is 7.05 Å². The molecule has 5 nitrogen and oxygen atoms in total. The van der Waals surface area contributed by atoms with Gasteiger partial charge in [0.15, 0.2) is 15.6 Å². The van der Waals surface area contributed by atoms with Crippen molar-refractivity contribution < 1.29 is 13.2 Å². The van der Waals surface area contributed by atoms with Crippen molar-refractivity contribution in [1.29, 1.82) is 0 Å². The second-order valence-corrected chi connectivity index (χ2v) is 7.87. The summed E-state index contributed by atoms with van der Waals surface area (Å²) in [4.78, 5) is 16.8. The first-order valence-corrected chi connectivity index (χ1v) is 8.85. The fraction of sp³-hybridized carbons (Fsp3) is 0.467. The Labute approximate surface area is 123 Å². The van der Waals surface area contributed by atoms with Crippen molar-refractivity contribution in [2.75, 3.05) is 5.75 Å². The molecule has 1 saturated heterocycles. The Morgan fingerprint density at radius 3 is 2.81 bits per heavy atom. The molecule has 21 heavy (non-hydrogen) atoms. The van der Waals surface area contributed by atoms with E-state index >= 15 is 0 Å². The molecule has 0 saturated carbocycles. The van der Waals surface area contributed by atoms with Crippen LogP contribution in [0.25, 0.3) is 11.0 Å². The summed E-state index contributed by atoms with van der Waals surface area (Å²) in [6.07, 6.45) is 2.00. The topological polar surface area (TPSA) is 69.0 Å². The predicted octanol–water partition coefficient (Wildman–Crippen LogP) is 1.65. The van der Waals surface area contributed by atoms with Gasteiger partial charge in [0.2, 0.25) is 0 Å². The van der Waals surface area contributed by atoms with Crippen LogP contribution < -0.4 is 0 Å². The van der Waals surface area contributed by atoms with Crippen molar-refractivity contribution in [3.8, 4) is 0 Å². The van der Waals surface area contributed by atoms with Crippen LogP contribution in [-0.2, 0) is 28.1 Å². The lowest BCUT2D eigenvalue weighted by Crippen LogP contribution is -2.36. The lowest BCUT2D eigenvalue weighted by Gasteiger charge is -2.20. The number of aromatic nitrogens is 2. The summed E-state index contributed by atoms with van der Waals surface area (Å²) in [7, 11) is -1.42. The van der Waals surface area contributed by atoms with Crippen LogP contribution in [0.1, 0.15) is 25.1 Å². The highest BCUT2D eigenvalue weighted by atomic mass is 32.2. The van der Waals surface area contributed by atoms with Crippen molar-refractivity contribution in [1.82, 2.24) is 9.55 Å². The zero-order valence-corrected chi connectivity index (χ0v) is 12.8. The predicted molar refractivity (Wildman–Crippen MR) is 80.9 cm³/mol. The summed E-state index contributed by atoms with van der Waals surface area (Å²) in [6, 6.07) is 7.64. The monoisotopic (exact) mass is 306 g/mol. The molecule has 1 aromatic carbocycles. The molecule has 0 N–H and O–H groups in total. The number of sulfone groups is 1. The first kappa shape index (κ1) is 14.3. The van der Waals surface area contributed by atoms with Crippen LogP contribution in [0.5, 0.6) is 0 Å². The number of para-hydroxylation sites is 2. The zero-order valence-electron chi connectivity index (χ0n) is 11.9. The molecule has 1 aliphatic heterocycles. The molecule has 1 fully saturated rings. The van der Waals surface area contributed by atoms with Crippen molar-refractivity contribution >= 4 is 26.7 Å². The molecule has 1 aliphatic rings. The second-order valence-electron chi connectivity index (χ2n) is 5.57. The van der Waals surface area contributed by atoms with Crippen LogP contribution in [0.15, 0.2) is 24.3 Å². The molecule has 1 atom stereocenters. The SMILES string of the molecule is Cn1c(CC(=O)C2CCCCS2(=O)=O)nc2ccccc21. The Bertz CT molecular complexity index is 792. The Morgan fingerprint density at radius 1 is 1.33 bits per heavy atom. The number of benzene rings is 1. The third kappa shape index (κ3) is 2.60. The van der Waals surface area contributed by atoms with E-state index in [2.05, 4.69) is 4.98 Å². The molecule has 1 aromatic heterocycles. The van der Waals surface area contributed by atoms with Gasteiger partial charge in [0.25, 0.3) is 0 Å². The zero-order chi connectivity index (χ0) is 15.0. The number of hydrogen-bond acceptors (Lipinski definition) is 4. The van der Waals surface area contributed by atoms with E-state index in [0.29, 0.717) is 18.7 Å². The number of carbonyl (C=O) groups is 1. The molecular weight excluding hydrogens is 288 g/mol. The van der Waals surface area contributed by atoms with E-state index in [1.165, 1.54) is 0 Å². The Kier molecular flexibility index (Phi) is 3.57. The summed E-state index contributed by atoms with van der Waals surface area (Å²) < 4.78 is 25.9. The van der Waals surface area contributed by atoms with Crippen LogP contribution in [0.3, 0.4) is 0 Å². The van der Waals surface area contributed by atoms with E-state index < -0.39 is 15.1 Å². The molecule has 0 amide bonds. The van der Waals surface area contributed by atoms with Crippen LogP contribution >= 0.6 is 0 Å². The number of fused-ring (bicyclic) bond motifs is 1. The second kappa shape index (κ2) is 5.26. The van der Waals surface area contributed by atoms with Crippen molar-refractivity contribution in [2.45, 2.75) is 30.9 Å². The van der Waals surface area contributed by atoms with Gasteiger partial charge in [-0.1, -0.05) is 18.6 Å². The number of ketones is 1. The fourth-order valence-corrected chi connectivity index (χ4v) is 4.84. The molecular formula is C15H18N2O3S. The molecule has 0 spiro atoms. The largest absolute Gasteiger partial charge is 0.331 e. The summed E-state index contributed by atoms with van der Waals surface area (Å²) in [5, 5.41) is -0.842. The number of hydrogen-bond donors (Lipinski definition) is 0. The first-order valence-electron chi connectivity index (χ1n) is 7.13. The normalized spacial score (nSPS) is 21.5. The summed E-state index contributed by atoms with van der Waals surface area (Å²) in [6.45, 7) is 0. The molecule has 2 heterocycles. The third-order valence-corrected chi connectivity index (χ3v) is 6.37. The van der Waals surface area contributed by atoms with E-state index in [4.69, 9.17) is 0 Å². The standard InChI is InChI=1S/C15H18N2O3S/c1-17-12-7-3-2-6-11(12)16-15(17)10-13(18)14-8-4-5-9-21(14,19)20/h2-3,6-7,14H,4-5,8-10H2,1H3. The van der Waals surface area contributed by atoms with Gasteiger partial charge >= 0.3 is 0 Å². The lowest BCUT2D eigenvalue weighted by atomic mass is 10.1. The fourth-order valence-electron chi connectivity index (χ4n) is 2.94. The minimum Gasteiger partial charge on any atom is -0.331 e. The number of nitrogens with zero attached hydrogens (tertiary/aromatic N) is 2. The van der Waals surface area contributed by atoms with Crippen molar-refractivity contribution in [3.63, 3.8) is 0 Å². The molecule has 0 radical (unpaired) electrons. The minimum absolute atomic E-state index is 0.0784. The van der Waals surface area contributed by atoms with Crippen LogP contribution in [-0.4, -0.2) is 34.8 Å². The number of imidazole rings is 1. The quantitative estimate of drug-likeness (QED) is 0.864. The Hall–Kier alpha value is -1.69. The Morgan fingerprint density at radius 2 is 2.10 bits per heavy atom. The smallest absolute Gasteiger partial charge is 0.160 e. The maximum atomic E-state index is 12.4. The number of Topliss-reactive ketones (excluding diaryl/α,β-unsaturated/α-hetero) is 1. The molecule has 2 aromatic rings. The van der Waals surface area contributed by atoms with Gasteiger partial charge in [-0.3, -0.25) is 4.79 Å². The molecule has 1 unspecified atom stereocenters.